The number of morpholine rings is 1. The first-order chi connectivity index (χ1) is 9.74. The summed E-state index contributed by atoms with van der Waals surface area (Å²) in [7, 11) is 0. The zero-order valence-corrected chi connectivity index (χ0v) is 11.4. The Morgan fingerprint density at radius 3 is 3.00 bits per heavy atom. The first-order valence-corrected chi connectivity index (χ1v) is 6.61. The van der Waals surface area contributed by atoms with Gasteiger partial charge in [-0.15, -0.1) is 5.10 Å². The van der Waals surface area contributed by atoms with E-state index in [0.717, 1.165) is 0 Å². The third-order valence-electron chi connectivity index (χ3n) is 3.05. The fourth-order valence-corrected chi connectivity index (χ4v) is 2.15. The zero-order chi connectivity index (χ0) is 13.9. The first-order valence-electron chi connectivity index (χ1n) is 6.24. The van der Waals surface area contributed by atoms with E-state index in [1.54, 1.807) is 23.1 Å². The van der Waals surface area contributed by atoms with Crippen molar-refractivity contribution < 1.29 is 14.4 Å². The molecule has 1 aliphatic heterocycles. The second-order valence-corrected chi connectivity index (χ2v) is 4.80. The molecule has 0 atom stereocenters. The third kappa shape index (κ3) is 2.68. The molecule has 1 aromatic carbocycles. The van der Waals surface area contributed by atoms with Crippen LogP contribution in [0.25, 0.3) is 11.0 Å². The van der Waals surface area contributed by atoms with Crippen LogP contribution in [0.5, 0.6) is 0 Å². The molecule has 0 N–H and O–H groups in total. The minimum absolute atomic E-state index is 0.0923. The van der Waals surface area contributed by atoms with Crippen LogP contribution in [0.15, 0.2) is 18.2 Å². The maximum atomic E-state index is 12.0. The summed E-state index contributed by atoms with van der Waals surface area (Å²) in [5, 5.41) is 8.34. The third-order valence-corrected chi connectivity index (χ3v) is 3.29. The van der Waals surface area contributed by atoms with Crippen molar-refractivity contribution in [3.8, 4) is 0 Å². The van der Waals surface area contributed by atoms with Crippen LogP contribution in [-0.4, -0.2) is 58.9 Å². The van der Waals surface area contributed by atoms with Gasteiger partial charge in [-0.3, -0.25) is 4.79 Å². The van der Waals surface area contributed by atoms with Gasteiger partial charge in [-0.1, -0.05) is 16.4 Å². The van der Waals surface area contributed by atoms with E-state index < -0.39 is 0 Å². The summed E-state index contributed by atoms with van der Waals surface area (Å²) >= 11 is 5.92. The highest BCUT2D eigenvalue weighted by Gasteiger charge is 2.18. The van der Waals surface area contributed by atoms with E-state index in [9.17, 15) is 4.79 Å². The molecule has 2 aromatic rings. The summed E-state index contributed by atoms with van der Waals surface area (Å²) in [5.74, 6) is -0.0982. The topological polar surface area (TPSA) is 69.5 Å². The highest BCUT2D eigenvalue weighted by atomic mass is 35.5. The molecular formula is C12H13ClN4O3. The van der Waals surface area contributed by atoms with Gasteiger partial charge < -0.3 is 14.5 Å². The average molecular weight is 297 g/mol. The Hall–Kier alpha value is -1.86. The number of halogens is 1. The van der Waals surface area contributed by atoms with Crippen molar-refractivity contribution in [2.24, 2.45) is 0 Å². The van der Waals surface area contributed by atoms with E-state index in [4.69, 9.17) is 21.2 Å². The molecule has 1 aromatic heterocycles. The van der Waals surface area contributed by atoms with E-state index in [1.807, 2.05) is 0 Å². The number of nitrogens with zero attached hydrogens (tertiary/aromatic N) is 4. The van der Waals surface area contributed by atoms with Crippen LogP contribution in [-0.2, 0) is 9.53 Å². The molecule has 0 saturated carbocycles. The molecule has 20 heavy (non-hydrogen) atoms. The molecule has 106 valence electrons. The molecule has 1 amide bonds. The number of benzene rings is 1. The molecule has 8 heteroatoms. The number of carbonyl (C=O) groups is 1. The van der Waals surface area contributed by atoms with Crippen molar-refractivity contribution in [3.63, 3.8) is 0 Å². The van der Waals surface area contributed by atoms with Crippen molar-refractivity contribution in [2.75, 3.05) is 32.9 Å². The SMILES string of the molecule is O=C(COn1nnc2ccc(Cl)cc21)N1CCOCC1. The minimum Gasteiger partial charge on any atom is -0.385 e. The average Bonchev–Trinajstić information content (AvgIpc) is 2.88. The summed E-state index contributed by atoms with van der Waals surface area (Å²) in [6.45, 7) is 2.21. The van der Waals surface area contributed by atoms with Crippen molar-refractivity contribution >= 4 is 28.5 Å². The van der Waals surface area contributed by atoms with Gasteiger partial charge in [0.05, 0.1) is 13.2 Å². The molecule has 1 saturated heterocycles. The molecule has 1 fully saturated rings. The molecule has 0 aliphatic carbocycles. The van der Waals surface area contributed by atoms with Crippen molar-refractivity contribution in [3.05, 3.63) is 23.2 Å². The van der Waals surface area contributed by atoms with Crippen molar-refractivity contribution in [1.29, 1.82) is 0 Å². The second kappa shape index (κ2) is 5.64. The quantitative estimate of drug-likeness (QED) is 0.818. The number of rotatable bonds is 3. The maximum absolute atomic E-state index is 12.0. The largest absolute Gasteiger partial charge is 0.385 e. The summed E-state index contributed by atoms with van der Waals surface area (Å²) in [5.41, 5.74) is 1.29. The minimum atomic E-state index is -0.0982. The van der Waals surface area contributed by atoms with Gasteiger partial charge in [0, 0.05) is 18.1 Å². The highest BCUT2D eigenvalue weighted by molar-refractivity contribution is 6.31. The monoisotopic (exact) mass is 296 g/mol. The van der Waals surface area contributed by atoms with Crippen molar-refractivity contribution in [2.45, 2.75) is 0 Å². The smallest absolute Gasteiger partial charge is 0.263 e. The Labute approximate surface area is 119 Å². The Kier molecular flexibility index (Phi) is 3.70. The lowest BCUT2D eigenvalue weighted by molar-refractivity contribution is -0.140. The van der Waals surface area contributed by atoms with Crippen LogP contribution in [0.2, 0.25) is 5.02 Å². The van der Waals surface area contributed by atoms with Crippen LogP contribution in [0, 0.1) is 0 Å². The molecule has 0 spiro atoms. The van der Waals surface area contributed by atoms with E-state index in [0.29, 0.717) is 42.4 Å². The Balaban J connectivity index is 1.67. The summed E-state index contributed by atoms with van der Waals surface area (Å²) < 4.78 is 5.19. The normalized spacial score (nSPS) is 15.6. The fourth-order valence-electron chi connectivity index (χ4n) is 1.99. The van der Waals surface area contributed by atoms with Crippen LogP contribution in [0.4, 0.5) is 0 Å². The second-order valence-electron chi connectivity index (χ2n) is 4.36. The molecule has 1 aliphatic rings. The number of ether oxygens (including phenoxy) is 1. The lowest BCUT2D eigenvalue weighted by Gasteiger charge is -2.26. The molecule has 0 unspecified atom stereocenters. The van der Waals surface area contributed by atoms with Gasteiger partial charge in [-0.25, -0.2) is 0 Å². The lowest BCUT2D eigenvalue weighted by atomic mass is 10.3. The van der Waals surface area contributed by atoms with Crippen LogP contribution in [0.1, 0.15) is 0 Å². The number of carbonyl (C=O) groups excluding carboxylic acids is 1. The standard InChI is InChI=1S/C12H13ClN4O3/c13-9-1-2-10-11(7-9)17(15-14-10)20-8-12(18)16-3-5-19-6-4-16/h1-2,7H,3-6,8H2. The molecule has 0 radical (unpaired) electrons. The van der Waals surface area contributed by atoms with Gasteiger partial charge in [0.1, 0.15) is 11.0 Å². The van der Waals surface area contributed by atoms with E-state index in [1.165, 1.54) is 4.85 Å². The van der Waals surface area contributed by atoms with E-state index >= 15 is 0 Å². The predicted molar refractivity (Wildman–Crippen MR) is 71.4 cm³/mol. The van der Waals surface area contributed by atoms with Gasteiger partial charge in [-0.2, -0.15) is 0 Å². The van der Waals surface area contributed by atoms with Gasteiger partial charge >= 0.3 is 0 Å². The van der Waals surface area contributed by atoms with Crippen LogP contribution >= 0.6 is 11.6 Å². The highest BCUT2D eigenvalue weighted by Crippen LogP contribution is 2.16. The number of aromatic nitrogens is 3. The van der Waals surface area contributed by atoms with Crippen LogP contribution in [0.3, 0.4) is 0 Å². The van der Waals surface area contributed by atoms with Gasteiger partial charge in [0.2, 0.25) is 0 Å². The molecule has 3 rings (SSSR count). The predicted octanol–water partition coefficient (Wildman–Crippen LogP) is 0.372. The van der Waals surface area contributed by atoms with Crippen molar-refractivity contribution in [1.82, 2.24) is 20.1 Å². The van der Waals surface area contributed by atoms with Gasteiger partial charge in [-0.05, 0) is 23.4 Å². The fraction of sp³-hybridized carbons (Fsp3) is 0.417. The Morgan fingerprint density at radius 1 is 1.40 bits per heavy atom. The zero-order valence-electron chi connectivity index (χ0n) is 10.7. The molecule has 2 heterocycles. The summed E-state index contributed by atoms with van der Waals surface area (Å²) in [4.78, 5) is 20.3. The lowest BCUT2D eigenvalue weighted by Crippen LogP contribution is -2.43. The summed E-state index contributed by atoms with van der Waals surface area (Å²) in [6.07, 6.45) is 0. The number of hydrogen-bond acceptors (Lipinski definition) is 5. The Bertz CT molecular complexity index is 624. The molecule has 0 bridgehead atoms. The maximum Gasteiger partial charge on any atom is 0.263 e. The first kappa shape index (κ1) is 13.1. The van der Waals surface area contributed by atoms with Gasteiger partial charge in [0.15, 0.2) is 6.61 Å². The van der Waals surface area contributed by atoms with Gasteiger partial charge in [0.25, 0.3) is 5.91 Å². The number of amides is 1. The summed E-state index contributed by atoms with van der Waals surface area (Å²) in [6, 6.07) is 5.16. The van der Waals surface area contributed by atoms with Crippen LogP contribution < -0.4 is 4.84 Å². The number of hydrogen-bond donors (Lipinski definition) is 0. The Morgan fingerprint density at radius 2 is 2.20 bits per heavy atom. The van der Waals surface area contributed by atoms with E-state index in [2.05, 4.69) is 10.3 Å². The number of fused-ring (bicyclic) bond motifs is 1. The molecular weight excluding hydrogens is 284 g/mol. The molecule has 7 nitrogen and oxygen atoms in total. The van der Waals surface area contributed by atoms with E-state index in [-0.39, 0.29) is 12.5 Å².